The van der Waals surface area contributed by atoms with E-state index in [1.165, 1.54) is 12.4 Å². The number of rotatable bonds is 6. The van der Waals surface area contributed by atoms with Gasteiger partial charge in [-0.1, -0.05) is 30.3 Å². The molecule has 0 radical (unpaired) electrons. The van der Waals surface area contributed by atoms with Gasteiger partial charge in [0.25, 0.3) is 5.91 Å². The third-order valence-electron chi connectivity index (χ3n) is 5.13. The lowest BCUT2D eigenvalue weighted by Gasteiger charge is -2.25. The summed E-state index contributed by atoms with van der Waals surface area (Å²) in [6.45, 7) is 1.33. The van der Waals surface area contributed by atoms with E-state index in [1.807, 2.05) is 48.7 Å². The number of carbonyl (C=O) groups excluding carboxylic acids is 1. The number of H-pyrrole nitrogens is 1. The van der Waals surface area contributed by atoms with Gasteiger partial charge in [-0.3, -0.25) is 10.0 Å². The molecule has 1 atom stereocenters. The Labute approximate surface area is 158 Å². The van der Waals surface area contributed by atoms with Gasteiger partial charge in [0.05, 0.1) is 0 Å². The molecule has 0 aliphatic rings. The van der Waals surface area contributed by atoms with E-state index in [2.05, 4.69) is 11.1 Å². The molecular weight excluding hydrogens is 364 g/mol. The summed E-state index contributed by atoms with van der Waals surface area (Å²) < 4.78 is 22.4. The number of aromatic nitrogens is 1. The quantitative estimate of drug-likeness (QED) is 0.448. The van der Waals surface area contributed by atoms with Crippen LogP contribution in [0, 0.1) is 0 Å². The molecule has 0 aliphatic heterocycles. The summed E-state index contributed by atoms with van der Waals surface area (Å²) in [5, 5.41) is 10.0. The maximum atomic E-state index is 12.0. The van der Waals surface area contributed by atoms with Crippen LogP contribution in [0.15, 0.2) is 54.7 Å². The van der Waals surface area contributed by atoms with Gasteiger partial charge in [-0.05, 0) is 60.0 Å². The molecule has 0 spiro atoms. The molecule has 3 rings (SSSR count). The molecular formula is C20H22N2O4S. The maximum absolute atomic E-state index is 12.0. The van der Waals surface area contributed by atoms with Crippen molar-refractivity contribution >= 4 is 26.6 Å². The molecule has 1 unspecified atom stereocenters. The predicted octanol–water partition coefficient (Wildman–Crippen LogP) is 3.08. The molecule has 7 heteroatoms. The number of carbonyl (C=O) groups is 1. The van der Waals surface area contributed by atoms with Gasteiger partial charge in [-0.25, -0.2) is 13.9 Å². The van der Waals surface area contributed by atoms with Crippen molar-refractivity contribution in [2.24, 2.45) is 0 Å². The molecule has 0 bridgehead atoms. The SMILES string of the molecule is CC(CCc1ccc(-c2ccc3[nH]ccc3c2)cc1)(C(=O)NO)S(C)(=O)=O. The van der Waals surface area contributed by atoms with Gasteiger partial charge in [0.15, 0.2) is 9.84 Å². The summed E-state index contributed by atoms with van der Waals surface area (Å²) in [5.41, 5.74) is 5.62. The predicted molar refractivity (Wildman–Crippen MR) is 105 cm³/mol. The first-order valence-electron chi connectivity index (χ1n) is 8.55. The van der Waals surface area contributed by atoms with Gasteiger partial charge in [0.2, 0.25) is 0 Å². The van der Waals surface area contributed by atoms with Crippen molar-refractivity contribution in [2.45, 2.75) is 24.5 Å². The fourth-order valence-corrected chi connectivity index (χ4v) is 3.92. The van der Waals surface area contributed by atoms with E-state index in [1.54, 1.807) is 0 Å². The van der Waals surface area contributed by atoms with Crippen molar-refractivity contribution in [1.29, 1.82) is 0 Å². The fourth-order valence-electron chi connectivity index (χ4n) is 3.07. The Morgan fingerprint density at radius 3 is 2.41 bits per heavy atom. The van der Waals surface area contributed by atoms with Crippen molar-refractivity contribution in [1.82, 2.24) is 10.5 Å². The number of hydroxylamine groups is 1. The normalized spacial score (nSPS) is 14.0. The molecule has 1 heterocycles. The van der Waals surface area contributed by atoms with E-state index >= 15 is 0 Å². The first-order chi connectivity index (χ1) is 12.7. The molecule has 1 aromatic heterocycles. The van der Waals surface area contributed by atoms with Gasteiger partial charge in [-0.15, -0.1) is 0 Å². The summed E-state index contributed by atoms with van der Waals surface area (Å²) in [4.78, 5) is 15.0. The molecule has 6 nitrogen and oxygen atoms in total. The van der Waals surface area contributed by atoms with Crippen LogP contribution in [0.5, 0.6) is 0 Å². The number of benzene rings is 2. The van der Waals surface area contributed by atoms with Gasteiger partial charge < -0.3 is 4.98 Å². The number of hydrogen-bond acceptors (Lipinski definition) is 4. The van der Waals surface area contributed by atoms with Crippen LogP contribution < -0.4 is 5.48 Å². The van der Waals surface area contributed by atoms with E-state index in [4.69, 9.17) is 5.21 Å². The van der Waals surface area contributed by atoms with Crippen molar-refractivity contribution in [3.05, 3.63) is 60.3 Å². The number of hydrogen-bond donors (Lipinski definition) is 3. The Balaban J connectivity index is 1.78. The highest BCUT2D eigenvalue weighted by molar-refractivity contribution is 7.92. The largest absolute Gasteiger partial charge is 0.361 e. The van der Waals surface area contributed by atoms with Crippen LogP contribution in [-0.2, 0) is 21.1 Å². The highest BCUT2D eigenvalue weighted by Gasteiger charge is 2.43. The summed E-state index contributed by atoms with van der Waals surface area (Å²) in [6.07, 6.45) is 3.38. The summed E-state index contributed by atoms with van der Waals surface area (Å²) >= 11 is 0. The average Bonchev–Trinajstić information content (AvgIpc) is 3.12. The van der Waals surface area contributed by atoms with Crippen LogP contribution in [0.1, 0.15) is 18.9 Å². The van der Waals surface area contributed by atoms with Crippen molar-refractivity contribution in [2.75, 3.05) is 6.26 Å². The summed E-state index contributed by atoms with van der Waals surface area (Å²) in [6, 6.07) is 16.0. The third kappa shape index (κ3) is 3.74. The summed E-state index contributed by atoms with van der Waals surface area (Å²) in [7, 11) is -3.69. The van der Waals surface area contributed by atoms with Crippen LogP contribution in [0.3, 0.4) is 0 Å². The minimum absolute atomic E-state index is 0.0763. The molecule has 3 aromatic rings. The molecule has 1 amide bonds. The van der Waals surface area contributed by atoms with E-state index in [-0.39, 0.29) is 6.42 Å². The first-order valence-corrected chi connectivity index (χ1v) is 10.4. The lowest BCUT2D eigenvalue weighted by Crippen LogP contribution is -2.49. The second kappa shape index (κ2) is 7.17. The number of aryl methyl sites for hydroxylation is 1. The van der Waals surface area contributed by atoms with Crippen molar-refractivity contribution in [3.8, 4) is 11.1 Å². The Morgan fingerprint density at radius 2 is 1.78 bits per heavy atom. The van der Waals surface area contributed by atoms with Gasteiger partial charge >= 0.3 is 0 Å². The van der Waals surface area contributed by atoms with Gasteiger partial charge in [-0.2, -0.15) is 0 Å². The van der Waals surface area contributed by atoms with Crippen LogP contribution in [0.25, 0.3) is 22.0 Å². The zero-order valence-corrected chi connectivity index (χ0v) is 16.0. The standard InChI is InChI=1S/C20H22N2O4S/c1-20(19(23)22-24,27(2,25)26)11-9-14-3-5-15(6-4-14)16-7-8-18-17(13-16)10-12-21-18/h3-8,10,12-13,21,24H,9,11H2,1-2H3,(H,22,23). The highest BCUT2D eigenvalue weighted by atomic mass is 32.2. The minimum Gasteiger partial charge on any atom is -0.361 e. The molecule has 0 saturated heterocycles. The van der Waals surface area contributed by atoms with Gasteiger partial charge in [0.1, 0.15) is 4.75 Å². The highest BCUT2D eigenvalue weighted by Crippen LogP contribution is 2.27. The third-order valence-corrected chi connectivity index (χ3v) is 7.16. The Hall–Kier alpha value is -2.64. The fraction of sp³-hybridized carbons (Fsp3) is 0.250. The lowest BCUT2D eigenvalue weighted by molar-refractivity contribution is -0.131. The first kappa shape index (κ1) is 19.1. The van der Waals surface area contributed by atoms with Crippen LogP contribution in [-0.4, -0.2) is 35.5 Å². The number of nitrogens with one attached hydrogen (secondary N) is 2. The molecule has 27 heavy (non-hydrogen) atoms. The van der Waals surface area contributed by atoms with E-state index in [0.29, 0.717) is 6.42 Å². The molecule has 142 valence electrons. The van der Waals surface area contributed by atoms with Gasteiger partial charge in [0, 0.05) is 18.0 Å². The number of aromatic amines is 1. The summed E-state index contributed by atoms with van der Waals surface area (Å²) in [5.74, 6) is -0.915. The molecule has 3 N–H and O–H groups in total. The van der Waals surface area contributed by atoms with E-state index in [0.717, 1.165) is 33.8 Å². The Morgan fingerprint density at radius 1 is 1.11 bits per heavy atom. The number of amides is 1. The van der Waals surface area contributed by atoms with Crippen molar-refractivity contribution in [3.63, 3.8) is 0 Å². The van der Waals surface area contributed by atoms with Crippen molar-refractivity contribution < 1.29 is 18.4 Å². The Bertz CT molecular complexity index is 1070. The van der Waals surface area contributed by atoms with Crippen LogP contribution >= 0.6 is 0 Å². The monoisotopic (exact) mass is 386 g/mol. The smallest absolute Gasteiger partial charge is 0.264 e. The van der Waals surface area contributed by atoms with Crippen LogP contribution in [0.2, 0.25) is 0 Å². The van der Waals surface area contributed by atoms with E-state index in [9.17, 15) is 13.2 Å². The zero-order valence-electron chi connectivity index (χ0n) is 15.2. The topological polar surface area (TPSA) is 99.3 Å². The molecule has 2 aromatic carbocycles. The average molecular weight is 386 g/mol. The Kier molecular flexibility index (Phi) is 5.08. The van der Waals surface area contributed by atoms with E-state index < -0.39 is 20.5 Å². The minimum atomic E-state index is -3.69. The van der Waals surface area contributed by atoms with Crippen LogP contribution in [0.4, 0.5) is 0 Å². The lowest BCUT2D eigenvalue weighted by atomic mass is 9.97. The number of sulfone groups is 1. The number of fused-ring (bicyclic) bond motifs is 1. The zero-order chi connectivity index (χ0) is 19.7. The second-order valence-corrected chi connectivity index (χ2v) is 9.37. The molecule has 0 fully saturated rings. The second-order valence-electron chi connectivity index (χ2n) is 6.92. The molecule has 0 aliphatic carbocycles. The molecule has 0 saturated carbocycles. The maximum Gasteiger partial charge on any atom is 0.264 e.